The molecule has 38 heavy (non-hydrogen) atoms. The van der Waals surface area contributed by atoms with Crippen molar-refractivity contribution in [3.8, 4) is 18.2 Å². The molecule has 2 aliphatic rings. The molecule has 0 amide bonds. The van der Waals surface area contributed by atoms with Crippen LogP contribution in [0.15, 0.2) is 47.4 Å². The number of anilines is 3. The Hall–Kier alpha value is -4.20. The second-order valence-corrected chi connectivity index (χ2v) is 10.2. The quantitative estimate of drug-likeness (QED) is 0.394. The molecule has 1 atom stereocenters. The Morgan fingerprint density at radius 1 is 1.11 bits per heavy atom. The molecule has 6 rings (SSSR count). The van der Waals surface area contributed by atoms with Crippen LogP contribution in [0.1, 0.15) is 24.6 Å². The molecule has 4 heterocycles. The number of fused-ring (bicyclic) bond motifs is 2. The molecule has 10 nitrogen and oxygen atoms in total. The average molecular weight is 511 g/mol. The number of terminal acetylenes is 1. The number of rotatable bonds is 5. The van der Waals surface area contributed by atoms with Crippen LogP contribution < -0.4 is 15.8 Å². The smallest absolute Gasteiger partial charge is 0.279 e. The Labute approximate surface area is 220 Å². The zero-order valence-corrected chi connectivity index (χ0v) is 21.6. The number of benzene rings is 1. The van der Waals surface area contributed by atoms with Gasteiger partial charge in [-0.1, -0.05) is 12.0 Å². The highest BCUT2D eigenvalue weighted by atomic mass is 16.3. The van der Waals surface area contributed by atoms with Crippen molar-refractivity contribution in [3.63, 3.8) is 0 Å². The maximum absolute atomic E-state index is 13.2. The van der Waals surface area contributed by atoms with E-state index in [0.29, 0.717) is 34.9 Å². The molecule has 4 aromatic rings. The van der Waals surface area contributed by atoms with E-state index >= 15 is 0 Å². The first-order valence-electron chi connectivity index (χ1n) is 12.8. The zero-order valence-electron chi connectivity index (χ0n) is 21.6. The van der Waals surface area contributed by atoms with E-state index in [2.05, 4.69) is 45.2 Å². The highest BCUT2D eigenvalue weighted by molar-refractivity contribution is 5.77. The van der Waals surface area contributed by atoms with E-state index in [1.807, 2.05) is 24.3 Å². The van der Waals surface area contributed by atoms with E-state index in [1.165, 1.54) is 16.6 Å². The first-order chi connectivity index (χ1) is 18.3. The van der Waals surface area contributed by atoms with Gasteiger partial charge < -0.3 is 20.2 Å². The number of piperazine rings is 1. The summed E-state index contributed by atoms with van der Waals surface area (Å²) in [6, 6.07) is 12.0. The molecule has 0 spiro atoms. The summed E-state index contributed by atoms with van der Waals surface area (Å²) in [6.45, 7) is 5.90. The number of nitrogens with zero attached hydrogens (tertiary/aromatic N) is 7. The first-order valence-corrected chi connectivity index (χ1v) is 12.8. The third-order valence-electron chi connectivity index (χ3n) is 7.48. The fourth-order valence-electron chi connectivity index (χ4n) is 5.26. The minimum absolute atomic E-state index is 0.0425. The SMILES string of the molecule is C#CCn1c(=O)c2cnc(Nc3ccc(N4CCN(C)CC4)cc3)nc2n1-c1ccc2c(n1)C(C)(O)CC2. The van der Waals surface area contributed by atoms with E-state index in [4.69, 9.17) is 16.4 Å². The number of hydrogen-bond donors (Lipinski definition) is 2. The molecule has 1 aliphatic heterocycles. The zero-order chi connectivity index (χ0) is 26.4. The fraction of sp³-hybridized carbons (Fsp3) is 0.357. The Balaban J connectivity index is 1.36. The topological polar surface area (TPSA) is 104 Å². The van der Waals surface area contributed by atoms with Gasteiger partial charge in [-0.25, -0.2) is 19.3 Å². The number of nitrogens with one attached hydrogen (secondary N) is 1. The van der Waals surface area contributed by atoms with E-state index in [9.17, 15) is 9.90 Å². The lowest BCUT2D eigenvalue weighted by atomic mass is 10.0. The maximum atomic E-state index is 13.2. The van der Waals surface area contributed by atoms with E-state index in [0.717, 1.165) is 43.9 Å². The minimum Gasteiger partial charge on any atom is -0.384 e. The van der Waals surface area contributed by atoms with E-state index in [1.54, 1.807) is 11.6 Å². The predicted octanol–water partition coefficient (Wildman–Crippen LogP) is 2.26. The number of pyridine rings is 1. The van der Waals surface area contributed by atoms with E-state index in [-0.39, 0.29) is 12.1 Å². The summed E-state index contributed by atoms with van der Waals surface area (Å²) in [5, 5.41) is 14.4. The molecule has 1 unspecified atom stereocenters. The summed E-state index contributed by atoms with van der Waals surface area (Å²) < 4.78 is 3.04. The van der Waals surface area contributed by atoms with Gasteiger partial charge in [-0.05, 0) is 62.7 Å². The second kappa shape index (κ2) is 9.28. The Morgan fingerprint density at radius 2 is 1.87 bits per heavy atom. The monoisotopic (exact) mass is 510 g/mol. The molecule has 0 radical (unpaired) electrons. The average Bonchev–Trinajstić information content (AvgIpc) is 3.37. The first kappa shape index (κ1) is 24.2. The maximum Gasteiger partial charge on any atom is 0.279 e. The van der Waals surface area contributed by atoms with Crippen LogP contribution in [0.25, 0.3) is 16.9 Å². The van der Waals surface area contributed by atoms with Crippen LogP contribution in [-0.4, -0.2) is 67.5 Å². The van der Waals surface area contributed by atoms with Gasteiger partial charge in [0.05, 0.1) is 5.69 Å². The van der Waals surface area contributed by atoms with Crippen molar-refractivity contribution in [1.29, 1.82) is 0 Å². The van der Waals surface area contributed by atoms with Crippen molar-refractivity contribution in [2.75, 3.05) is 43.4 Å². The molecule has 2 N–H and O–H groups in total. The molecule has 3 aromatic heterocycles. The summed E-state index contributed by atoms with van der Waals surface area (Å²) in [5.74, 6) is 3.37. The number of aliphatic hydroxyl groups is 1. The number of aromatic nitrogens is 5. The molecule has 10 heteroatoms. The molecule has 0 saturated carbocycles. The lowest BCUT2D eigenvalue weighted by Gasteiger charge is -2.34. The van der Waals surface area contributed by atoms with Crippen LogP contribution in [0, 0.1) is 12.3 Å². The summed E-state index contributed by atoms with van der Waals surface area (Å²) in [4.78, 5) is 31.8. The second-order valence-electron chi connectivity index (χ2n) is 10.2. The highest BCUT2D eigenvalue weighted by Crippen LogP contribution is 2.35. The summed E-state index contributed by atoms with van der Waals surface area (Å²) >= 11 is 0. The fourth-order valence-corrected chi connectivity index (χ4v) is 5.26. The van der Waals surface area contributed by atoms with Gasteiger partial charge >= 0.3 is 0 Å². The highest BCUT2D eigenvalue weighted by Gasteiger charge is 2.34. The summed E-state index contributed by atoms with van der Waals surface area (Å²) in [6.07, 6.45) is 8.47. The van der Waals surface area contributed by atoms with Crippen molar-refractivity contribution < 1.29 is 5.11 Å². The molecule has 0 bridgehead atoms. The molecular weight excluding hydrogens is 480 g/mol. The minimum atomic E-state index is -1.02. The molecule has 1 fully saturated rings. The van der Waals surface area contributed by atoms with Crippen LogP contribution >= 0.6 is 0 Å². The molecule has 1 saturated heterocycles. The van der Waals surface area contributed by atoms with Gasteiger partial charge in [0, 0.05) is 43.8 Å². The predicted molar refractivity (Wildman–Crippen MR) is 147 cm³/mol. The van der Waals surface area contributed by atoms with Crippen LogP contribution in [0.5, 0.6) is 0 Å². The Morgan fingerprint density at radius 3 is 2.61 bits per heavy atom. The Kier molecular flexibility index (Phi) is 5.90. The Bertz CT molecular complexity index is 1610. The number of likely N-dealkylation sites (N-methyl/N-ethyl adjacent to an activating group) is 1. The van der Waals surface area contributed by atoms with Gasteiger partial charge in [0.2, 0.25) is 5.95 Å². The van der Waals surface area contributed by atoms with Gasteiger partial charge in [-0.3, -0.25) is 4.79 Å². The normalized spacial score (nSPS) is 19.5. The molecule has 1 aromatic carbocycles. The van der Waals surface area contributed by atoms with Gasteiger partial charge in [0.25, 0.3) is 5.56 Å². The standard InChI is InChI=1S/C28H30N8O2/c1-4-13-35-26(37)22-18-29-27(30-20-6-8-21(9-7-20)34-16-14-33(3)15-17-34)32-25(22)36(35)23-10-5-19-11-12-28(2,38)24(19)31-23/h1,5-10,18,38H,11-17H2,2-3H3,(H,29,30,32). The summed E-state index contributed by atoms with van der Waals surface area (Å²) in [5.41, 5.74) is 2.70. The third-order valence-corrected chi connectivity index (χ3v) is 7.48. The van der Waals surface area contributed by atoms with Crippen molar-refractivity contribution in [3.05, 3.63) is 64.2 Å². The van der Waals surface area contributed by atoms with Gasteiger partial charge in [0.15, 0.2) is 11.5 Å². The van der Waals surface area contributed by atoms with Crippen LogP contribution in [0.2, 0.25) is 0 Å². The largest absolute Gasteiger partial charge is 0.384 e. The van der Waals surface area contributed by atoms with Crippen molar-refractivity contribution >= 4 is 28.4 Å². The van der Waals surface area contributed by atoms with Crippen molar-refractivity contribution in [2.45, 2.75) is 31.9 Å². The third kappa shape index (κ3) is 4.20. The number of aryl methyl sites for hydroxylation is 1. The lowest BCUT2D eigenvalue weighted by Crippen LogP contribution is -2.44. The molecular formula is C28H30N8O2. The number of hydrogen-bond acceptors (Lipinski definition) is 8. The van der Waals surface area contributed by atoms with E-state index < -0.39 is 5.60 Å². The lowest BCUT2D eigenvalue weighted by molar-refractivity contribution is 0.0553. The summed E-state index contributed by atoms with van der Waals surface area (Å²) in [7, 11) is 2.14. The van der Waals surface area contributed by atoms with Crippen LogP contribution in [0.4, 0.5) is 17.3 Å². The molecule has 1 aliphatic carbocycles. The van der Waals surface area contributed by atoms with Crippen molar-refractivity contribution in [2.24, 2.45) is 0 Å². The van der Waals surface area contributed by atoms with Gasteiger partial charge in [-0.2, -0.15) is 4.98 Å². The molecule has 194 valence electrons. The van der Waals surface area contributed by atoms with Crippen molar-refractivity contribution in [1.82, 2.24) is 29.2 Å². The van der Waals surface area contributed by atoms with Crippen LogP contribution in [0.3, 0.4) is 0 Å². The van der Waals surface area contributed by atoms with Gasteiger partial charge in [0.1, 0.15) is 17.5 Å². The van der Waals surface area contributed by atoms with Crippen LogP contribution in [-0.2, 0) is 18.6 Å². The van der Waals surface area contributed by atoms with Gasteiger partial charge in [-0.15, -0.1) is 6.42 Å².